The van der Waals surface area contributed by atoms with Crippen molar-refractivity contribution in [2.75, 3.05) is 11.9 Å². The molecule has 0 radical (unpaired) electrons. The van der Waals surface area contributed by atoms with Gasteiger partial charge < -0.3 is 10.1 Å². The molecular formula is C23H21F4N3O2. The van der Waals surface area contributed by atoms with Gasteiger partial charge in [-0.3, -0.25) is 9.48 Å². The second kappa shape index (κ2) is 8.64. The van der Waals surface area contributed by atoms with E-state index < -0.39 is 18.4 Å². The van der Waals surface area contributed by atoms with Crippen LogP contribution >= 0.6 is 0 Å². The van der Waals surface area contributed by atoms with Crippen LogP contribution in [0.5, 0.6) is 5.75 Å². The van der Waals surface area contributed by atoms with Gasteiger partial charge in [0.2, 0.25) is 0 Å². The highest BCUT2D eigenvalue weighted by atomic mass is 19.4. The summed E-state index contributed by atoms with van der Waals surface area (Å²) in [4.78, 5) is 11.7. The Kier molecular flexibility index (Phi) is 5.90. The van der Waals surface area contributed by atoms with Crippen molar-refractivity contribution >= 4 is 11.6 Å². The van der Waals surface area contributed by atoms with E-state index >= 15 is 0 Å². The summed E-state index contributed by atoms with van der Waals surface area (Å²) in [6, 6.07) is 11.2. The maximum absolute atomic E-state index is 13.5. The number of nitrogens with zero attached hydrogens (tertiary/aromatic N) is 2. The lowest BCUT2D eigenvalue weighted by Crippen LogP contribution is -2.25. The van der Waals surface area contributed by atoms with Gasteiger partial charge in [-0.05, 0) is 61.7 Å². The molecule has 32 heavy (non-hydrogen) atoms. The molecule has 1 aliphatic rings. The molecule has 0 aliphatic carbocycles. The molecule has 0 spiro atoms. The minimum atomic E-state index is -4.19. The minimum absolute atomic E-state index is 0.0111. The van der Waals surface area contributed by atoms with E-state index in [4.69, 9.17) is 4.74 Å². The highest BCUT2D eigenvalue weighted by molar-refractivity contribution is 5.97. The third-order valence-electron chi connectivity index (χ3n) is 5.23. The summed E-state index contributed by atoms with van der Waals surface area (Å²) in [6.07, 6.45) is -4.76. The summed E-state index contributed by atoms with van der Waals surface area (Å²) in [7, 11) is 0. The molecule has 1 amide bonds. The number of hydrogen-bond donors (Lipinski definition) is 1. The second-order valence-electron chi connectivity index (χ2n) is 7.66. The Morgan fingerprint density at radius 2 is 1.81 bits per heavy atom. The van der Waals surface area contributed by atoms with Crippen LogP contribution in [0.4, 0.5) is 23.2 Å². The van der Waals surface area contributed by atoms with Gasteiger partial charge in [-0.1, -0.05) is 6.07 Å². The van der Waals surface area contributed by atoms with Gasteiger partial charge in [-0.15, -0.1) is 0 Å². The summed E-state index contributed by atoms with van der Waals surface area (Å²) >= 11 is 0. The van der Waals surface area contributed by atoms with Gasteiger partial charge in [0.15, 0.2) is 6.61 Å². The van der Waals surface area contributed by atoms with Gasteiger partial charge in [0.25, 0.3) is 5.91 Å². The third kappa shape index (κ3) is 4.76. The van der Waals surface area contributed by atoms with E-state index in [0.29, 0.717) is 34.8 Å². The first kappa shape index (κ1) is 21.9. The summed E-state index contributed by atoms with van der Waals surface area (Å²) < 4.78 is 58.2. The van der Waals surface area contributed by atoms with Crippen molar-refractivity contribution in [1.29, 1.82) is 0 Å². The lowest BCUT2D eigenvalue weighted by molar-refractivity contribution is -0.135. The number of aromatic nitrogens is 2. The standard InChI is InChI=1S/C23H21F4N3O2/c1-14-21(16-6-9-19-18(12-16)28-20(31)13-32-19)22(15-4-7-17(24)8-5-15)30(29-14)11-3-2-10-23(25,26)27/h4-9,12H,2-3,10-11,13H2,1H3,(H,28,31). The van der Waals surface area contributed by atoms with Crippen LogP contribution < -0.4 is 10.1 Å². The van der Waals surface area contributed by atoms with Crippen molar-refractivity contribution in [3.63, 3.8) is 0 Å². The number of unbranched alkanes of at least 4 members (excludes halogenated alkanes) is 1. The Bertz CT molecular complexity index is 1140. The average Bonchev–Trinajstić information content (AvgIpc) is 3.06. The SMILES string of the molecule is Cc1nn(CCCCC(F)(F)F)c(-c2ccc(F)cc2)c1-c1ccc2c(c1)NC(=O)CO2. The molecule has 0 unspecified atom stereocenters. The number of aryl methyl sites for hydroxylation is 2. The summed E-state index contributed by atoms with van der Waals surface area (Å²) in [5.74, 6) is -0.101. The number of rotatable bonds is 6. The number of anilines is 1. The highest BCUT2D eigenvalue weighted by Gasteiger charge is 2.26. The van der Waals surface area contributed by atoms with E-state index in [-0.39, 0.29) is 25.5 Å². The number of nitrogens with one attached hydrogen (secondary N) is 1. The minimum Gasteiger partial charge on any atom is -0.482 e. The first-order valence-corrected chi connectivity index (χ1v) is 10.2. The van der Waals surface area contributed by atoms with E-state index in [1.54, 1.807) is 28.9 Å². The molecule has 0 atom stereocenters. The Balaban J connectivity index is 1.73. The Hall–Kier alpha value is -3.36. The van der Waals surface area contributed by atoms with Crippen LogP contribution in [0.25, 0.3) is 22.4 Å². The van der Waals surface area contributed by atoms with Crippen LogP contribution in [0.15, 0.2) is 42.5 Å². The molecule has 2 aromatic carbocycles. The molecule has 3 aromatic rings. The van der Waals surface area contributed by atoms with Gasteiger partial charge >= 0.3 is 6.18 Å². The summed E-state index contributed by atoms with van der Waals surface area (Å²) in [6.45, 7) is 2.04. The molecular weight excluding hydrogens is 426 g/mol. The topological polar surface area (TPSA) is 56.2 Å². The molecule has 4 rings (SSSR count). The molecule has 168 valence electrons. The van der Waals surface area contributed by atoms with Crippen molar-refractivity contribution in [1.82, 2.24) is 9.78 Å². The fraction of sp³-hybridized carbons (Fsp3) is 0.304. The Labute approximate surface area is 182 Å². The number of amides is 1. The summed E-state index contributed by atoms with van der Waals surface area (Å²) in [5, 5.41) is 7.34. The first-order chi connectivity index (χ1) is 15.2. The maximum Gasteiger partial charge on any atom is 0.389 e. The molecule has 2 heterocycles. The zero-order chi connectivity index (χ0) is 22.9. The fourth-order valence-electron chi connectivity index (χ4n) is 3.82. The lowest BCUT2D eigenvalue weighted by atomic mass is 9.98. The molecule has 0 fully saturated rings. The molecule has 5 nitrogen and oxygen atoms in total. The first-order valence-electron chi connectivity index (χ1n) is 10.2. The van der Waals surface area contributed by atoms with Gasteiger partial charge in [-0.2, -0.15) is 18.3 Å². The van der Waals surface area contributed by atoms with Crippen molar-refractivity contribution < 1.29 is 27.1 Å². The Morgan fingerprint density at radius 1 is 1.09 bits per heavy atom. The van der Waals surface area contributed by atoms with E-state index in [1.807, 2.05) is 13.0 Å². The van der Waals surface area contributed by atoms with Crippen LogP contribution in [0, 0.1) is 12.7 Å². The fourth-order valence-corrected chi connectivity index (χ4v) is 3.82. The van der Waals surface area contributed by atoms with Gasteiger partial charge in [0, 0.05) is 24.1 Å². The molecule has 1 N–H and O–H groups in total. The quantitative estimate of drug-likeness (QED) is 0.388. The zero-order valence-electron chi connectivity index (χ0n) is 17.3. The van der Waals surface area contributed by atoms with E-state index in [9.17, 15) is 22.4 Å². The van der Waals surface area contributed by atoms with E-state index in [2.05, 4.69) is 10.4 Å². The molecule has 9 heteroatoms. The molecule has 1 aliphatic heterocycles. The predicted octanol–water partition coefficient (Wildman–Crippen LogP) is 5.73. The van der Waals surface area contributed by atoms with E-state index in [1.165, 1.54) is 12.1 Å². The van der Waals surface area contributed by atoms with Crippen LogP contribution in [0.3, 0.4) is 0 Å². The van der Waals surface area contributed by atoms with Gasteiger partial charge in [-0.25, -0.2) is 4.39 Å². The zero-order valence-corrected chi connectivity index (χ0v) is 17.3. The molecule has 0 saturated heterocycles. The number of ether oxygens (including phenoxy) is 1. The van der Waals surface area contributed by atoms with Crippen molar-refractivity contribution in [2.45, 2.75) is 38.9 Å². The number of carbonyl (C=O) groups is 1. The number of alkyl halides is 3. The maximum atomic E-state index is 13.5. The smallest absolute Gasteiger partial charge is 0.389 e. The van der Waals surface area contributed by atoms with Crippen LogP contribution in [-0.2, 0) is 11.3 Å². The molecule has 1 aromatic heterocycles. The molecule has 0 saturated carbocycles. The van der Waals surface area contributed by atoms with Crippen molar-refractivity contribution in [3.05, 3.63) is 54.0 Å². The number of benzene rings is 2. The van der Waals surface area contributed by atoms with Gasteiger partial charge in [0.05, 0.1) is 17.1 Å². The highest BCUT2D eigenvalue weighted by Crippen LogP contribution is 2.39. The summed E-state index contributed by atoms with van der Waals surface area (Å²) in [5.41, 5.74) is 4.08. The van der Waals surface area contributed by atoms with Crippen molar-refractivity contribution in [2.24, 2.45) is 0 Å². The third-order valence-corrected chi connectivity index (χ3v) is 5.23. The number of hydrogen-bond acceptors (Lipinski definition) is 3. The average molecular weight is 447 g/mol. The van der Waals surface area contributed by atoms with Crippen LogP contribution in [0.1, 0.15) is 25.0 Å². The number of carbonyl (C=O) groups excluding carboxylic acids is 1. The Morgan fingerprint density at radius 3 is 2.53 bits per heavy atom. The van der Waals surface area contributed by atoms with Gasteiger partial charge in [0.1, 0.15) is 11.6 Å². The van der Waals surface area contributed by atoms with Crippen LogP contribution in [0.2, 0.25) is 0 Å². The lowest BCUT2D eigenvalue weighted by Gasteiger charge is -2.19. The number of halogens is 4. The predicted molar refractivity (Wildman–Crippen MR) is 112 cm³/mol. The van der Waals surface area contributed by atoms with Crippen LogP contribution in [-0.4, -0.2) is 28.5 Å². The largest absolute Gasteiger partial charge is 0.482 e. The monoisotopic (exact) mass is 447 g/mol. The number of fused-ring (bicyclic) bond motifs is 1. The normalized spacial score (nSPS) is 13.5. The van der Waals surface area contributed by atoms with Crippen molar-refractivity contribution in [3.8, 4) is 28.1 Å². The molecule has 0 bridgehead atoms. The van der Waals surface area contributed by atoms with E-state index in [0.717, 1.165) is 11.1 Å². The second-order valence-corrected chi connectivity index (χ2v) is 7.66.